The maximum Gasteiger partial charge on any atom is 0.221 e. The standard InChI is InChI=1S/C43H57N3O2/c47-41(45-33-37-22-19-31-46(35-37)34-36-20-9-3-1-2-4-10-21-36)29-17-8-18-30-44-42(48)32-43(38-23-11-5-12-24-38,39-25-13-6-14-26-39)40-27-15-7-16-28-40/h5-7,11-16,20,23-28,37H,1-4,8-10,17-19,21-22,29-35H2,(H,44,48)(H,45,47)/b36-20+. The number of likely N-dealkylation sites (tertiary alicyclic amines) is 1. The Morgan fingerprint density at radius 3 is 1.98 bits per heavy atom. The number of nitrogens with zero attached hydrogens (tertiary/aromatic N) is 1. The van der Waals surface area contributed by atoms with Crippen LogP contribution in [-0.4, -0.2) is 49.4 Å². The van der Waals surface area contributed by atoms with Crippen molar-refractivity contribution in [3.8, 4) is 0 Å². The number of rotatable bonds is 15. The van der Waals surface area contributed by atoms with Crippen molar-refractivity contribution < 1.29 is 9.59 Å². The van der Waals surface area contributed by atoms with Crippen molar-refractivity contribution in [3.63, 3.8) is 0 Å². The third kappa shape index (κ3) is 10.7. The van der Waals surface area contributed by atoms with E-state index < -0.39 is 5.41 Å². The summed E-state index contributed by atoms with van der Waals surface area (Å²) < 4.78 is 0. The Morgan fingerprint density at radius 1 is 0.688 bits per heavy atom. The van der Waals surface area contributed by atoms with Gasteiger partial charge in [-0.3, -0.25) is 14.5 Å². The molecule has 0 spiro atoms. The van der Waals surface area contributed by atoms with Crippen LogP contribution in [-0.2, 0) is 15.0 Å². The van der Waals surface area contributed by atoms with Gasteiger partial charge in [0.2, 0.25) is 11.8 Å². The number of nitrogens with one attached hydrogen (secondary N) is 2. The number of hydrogen-bond donors (Lipinski definition) is 2. The Hall–Kier alpha value is -3.70. The molecule has 1 heterocycles. The third-order valence-corrected chi connectivity index (χ3v) is 10.4. The average Bonchev–Trinajstić information content (AvgIpc) is 3.26. The number of carbonyl (C=O) groups excluding carboxylic acids is 2. The lowest BCUT2D eigenvalue weighted by molar-refractivity contribution is -0.122. The largest absolute Gasteiger partial charge is 0.356 e. The number of benzene rings is 3. The number of hydrogen-bond acceptors (Lipinski definition) is 3. The van der Waals surface area contributed by atoms with Crippen LogP contribution in [0, 0.1) is 5.92 Å². The van der Waals surface area contributed by atoms with E-state index in [0.29, 0.717) is 25.3 Å². The van der Waals surface area contributed by atoms with Crippen LogP contribution in [0.25, 0.3) is 0 Å². The number of piperidine rings is 1. The van der Waals surface area contributed by atoms with Crippen LogP contribution < -0.4 is 10.6 Å². The molecule has 5 heteroatoms. The molecule has 2 amide bonds. The molecule has 0 aromatic heterocycles. The Bertz CT molecular complexity index is 1310. The van der Waals surface area contributed by atoms with Crippen LogP contribution in [0.3, 0.4) is 0 Å². The molecular weight excluding hydrogens is 590 g/mol. The molecule has 0 radical (unpaired) electrons. The Balaban J connectivity index is 1.03. The Kier molecular flexibility index (Phi) is 14.3. The quantitative estimate of drug-likeness (QED) is 0.0987. The first-order chi connectivity index (χ1) is 23.6. The van der Waals surface area contributed by atoms with Crippen molar-refractivity contribution in [2.45, 2.75) is 95.3 Å². The van der Waals surface area contributed by atoms with Gasteiger partial charge in [0.05, 0.1) is 5.41 Å². The summed E-state index contributed by atoms with van der Waals surface area (Å²) >= 11 is 0. The van der Waals surface area contributed by atoms with E-state index in [9.17, 15) is 9.59 Å². The van der Waals surface area contributed by atoms with Crippen molar-refractivity contribution in [2.24, 2.45) is 5.92 Å². The van der Waals surface area contributed by atoms with Gasteiger partial charge in [0.15, 0.2) is 0 Å². The molecule has 1 aliphatic heterocycles. The first-order valence-electron chi connectivity index (χ1n) is 18.7. The molecule has 2 N–H and O–H groups in total. The molecule has 0 bridgehead atoms. The zero-order valence-corrected chi connectivity index (χ0v) is 29.0. The van der Waals surface area contributed by atoms with E-state index in [2.05, 4.69) is 58.0 Å². The molecule has 48 heavy (non-hydrogen) atoms. The van der Waals surface area contributed by atoms with Gasteiger partial charge in [0.1, 0.15) is 0 Å². The van der Waals surface area contributed by atoms with Crippen molar-refractivity contribution in [1.29, 1.82) is 0 Å². The molecule has 256 valence electrons. The second kappa shape index (κ2) is 19.3. The summed E-state index contributed by atoms with van der Waals surface area (Å²) in [6.07, 6.45) is 17.8. The summed E-state index contributed by atoms with van der Waals surface area (Å²) in [5.74, 6) is 0.741. The minimum atomic E-state index is -0.591. The van der Waals surface area contributed by atoms with Gasteiger partial charge in [-0.1, -0.05) is 128 Å². The highest BCUT2D eigenvalue weighted by molar-refractivity contribution is 5.80. The molecule has 5 nitrogen and oxygen atoms in total. The van der Waals surface area contributed by atoms with Crippen LogP contribution in [0.15, 0.2) is 103 Å². The van der Waals surface area contributed by atoms with Gasteiger partial charge in [-0.25, -0.2) is 0 Å². The van der Waals surface area contributed by atoms with Gasteiger partial charge in [0, 0.05) is 39.0 Å². The van der Waals surface area contributed by atoms with Crippen LogP contribution in [0.4, 0.5) is 0 Å². The molecule has 3 aromatic carbocycles. The fourth-order valence-electron chi connectivity index (χ4n) is 7.77. The van der Waals surface area contributed by atoms with Gasteiger partial charge in [0.25, 0.3) is 0 Å². The fourth-order valence-corrected chi connectivity index (χ4v) is 7.77. The first kappa shape index (κ1) is 35.6. The van der Waals surface area contributed by atoms with Crippen LogP contribution >= 0.6 is 0 Å². The second-order valence-corrected chi connectivity index (χ2v) is 14.1. The van der Waals surface area contributed by atoms with E-state index >= 15 is 0 Å². The van der Waals surface area contributed by atoms with Crippen molar-refractivity contribution in [1.82, 2.24) is 15.5 Å². The Morgan fingerprint density at radius 2 is 1.31 bits per heavy atom. The molecule has 1 saturated heterocycles. The SMILES string of the molecule is O=C(CCCCCNC(=O)CC(c1ccccc1)(c1ccccc1)c1ccccc1)NCC1CCCN(C/C2=C/CCCCCCC2)C1. The van der Waals surface area contributed by atoms with Crippen LogP contribution in [0.1, 0.15) is 107 Å². The molecule has 0 saturated carbocycles. The van der Waals surface area contributed by atoms with Crippen molar-refractivity contribution in [2.75, 3.05) is 32.7 Å². The van der Waals surface area contributed by atoms with Gasteiger partial charge >= 0.3 is 0 Å². The predicted octanol–water partition coefficient (Wildman–Crippen LogP) is 8.59. The van der Waals surface area contributed by atoms with Crippen molar-refractivity contribution >= 4 is 11.8 Å². The molecule has 1 aliphatic carbocycles. The highest BCUT2D eigenvalue weighted by Gasteiger charge is 2.38. The topological polar surface area (TPSA) is 61.4 Å². The maximum atomic E-state index is 13.6. The smallest absolute Gasteiger partial charge is 0.221 e. The van der Waals surface area contributed by atoms with Crippen LogP contribution in [0.2, 0.25) is 0 Å². The summed E-state index contributed by atoms with van der Waals surface area (Å²) in [4.78, 5) is 28.9. The van der Waals surface area contributed by atoms with E-state index in [1.54, 1.807) is 5.57 Å². The lowest BCUT2D eigenvalue weighted by Crippen LogP contribution is -2.41. The average molecular weight is 648 g/mol. The van der Waals surface area contributed by atoms with E-state index in [1.165, 1.54) is 64.3 Å². The second-order valence-electron chi connectivity index (χ2n) is 14.1. The molecule has 5 rings (SSSR count). The molecule has 3 aromatic rings. The maximum absolute atomic E-state index is 13.6. The molecule has 1 unspecified atom stereocenters. The highest BCUT2D eigenvalue weighted by Crippen LogP contribution is 2.42. The van der Waals surface area contributed by atoms with E-state index in [0.717, 1.165) is 55.6 Å². The van der Waals surface area contributed by atoms with Gasteiger partial charge in [-0.15, -0.1) is 0 Å². The highest BCUT2D eigenvalue weighted by atomic mass is 16.2. The number of allylic oxidation sites excluding steroid dienone is 1. The lowest BCUT2D eigenvalue weighted by atomic mass is 9.67. The predicted molar refractivity (Wildman–Crippen MR) is 198 cm³/mol. The summed E-state index contributed by atoms with van der Waals surface area (Å²) in [7, 11) is 0. The normalized spacial score (nSPS) is 18.8. The number of carbonyl (C=O) groups is 2. The van der Waals surface area contributed by atoms with E-state index in [-0.39, 0.29) is 11.8 Å². The molecular formula is C43H57N3O2. The van der Waals surface area contributed by atoms with E-state index in [1.807, 2.05) is 54.6 Å². The zero-order valence-electron chi connectivity index (χ0n) is 29.0. The molecule has 1 atom stereocenters. The van der Waals surface area contributed by atoms with Gasteiger partial charge < -0.3 is 10.6 Å². The molecule has 2 aliphatic rings. The minimum absolute atomic E-state index is 0.0344. The lowest BCUT2D eigenvalue weighted by Gasteiger charge is -2.35. The molecule has 1 fully saturated rings. The van der Waals surface area contributed by atoms with Gasteiger partial charge in [-0.2, -0.15) is 0 Å². The number of unbranched alkanes of at least 4 members (excludes halogenated alkanes) is 2. The van der Waals surface area contributed by atoms with E-state index in [4.69, 9.17) is 0 Å². The van der Waals surface area contributed by atoms with Gasteiger partial charge in [-0.05, 0) is 80.5 Å². The summed E-state index contributed by atoms with van der Waals surface area (Å²) in [6, 6.07) is 31.1. The minimum Gasteiger partial charge on any atom is -0.356 e. The zero-order chi connectivity index (χ0) is 33.3. The third-order valence-electron chi connectivity index (χ3n) is 10.4. The van der Waals surface area contributed by atoms with Crippen LogP contribution in [0.5, 0.6) is 0 Å². The first-order valence-corrected chi connectivity index (χ1v) is 18.7. The fraction of sp³-hybridized carbons (Fsp3) is 0.488. The summed E-state index contributed by atoms with van der Waals surface area (Å²) in [5, 5.41) is 6.43. The Labute approximate surface area is 289 Å². The summed E-state index contributed by atoms with van der Waals surface area (Å²) in [5.41, 5.74) is 4.36. The summed E-state index contributed by atoms with van der Waals surface area (Å²) in [6.45, 7) is 4.80. The number of amides is 2. The monoisotopic (exact) mass is 647 g/mol. The van der Waals surface area contributed by atoms with Crippen molar-refractivity contribution in [3.05, 3.63) is 119 Å².